The Morgan fingerprint density at radius 3 is 2.83 bits per heavy atom. The number of hydrogen-bond donors (Lipinski definition) is 1. The van der Waals surface area contributed by atoms with Crippen molar-refractivity contribution in [1.29, 1.82) is 0 Å². The first kappa shape index (κ1) is 17.7. The maximum atomic E-state index is 11.9. The first-order valence-corrected chi connectivity index (χ1v) is 9.05. The Labute approximate surface area is 144 Å². The highest BCUT2D eigenvalue weighted by atomic mass is 16.7. The van der Waals surface area contributed by atoms with Crippen LogP contribution in [0.4, 0.5) is 0 Å². The zero-order valence-electron chi connectivity index (χ0n) is 15.3. The standard InChI is InChI=1S/C20H30O4/c1-6-12(2)18(22)23-11-20-16(21)9-15-14(10-19(15,4)5)13(3)7-8-17(20)24-20/h6,14-17,21H,3,7-11H2,1-2,4-5H3/b12-6-/t14-,15+,16-,17+,20-/m0/s1. The lowest BCUT2D eigenvalue weighted by Crippen LogP contribution is -2.48. The third kappa shape index (κ3) is 2.84. The first-order chi connectivity index (χ1) is 11.2. The van der Waals surface area contributed by atoms with Gasteiger partial charge in [0.2, 0.25) is 0 Å². The van der Waals surface area contributed by atoms with Crippen LogP contribution < -0.4 is 0 Å². The Balaban J connectivity index is 1.73. The van der Waals surface area contributed by atoms with Gasteiger partial charge >= 0.3 is 5.97 Å². The summed E-state index contributed by atoms with van der Waals surface area (Å²) in [5, 5.41) is 10.9. The van der Waals surface area contributed by atoms with Crippen molar-refractivity contribution in [2.24, 2.45) is 17.3 Å². The van der Waals surface area contributed by atoms with Crippen LogP contribution in [0.1, 0.15) is 53.4 Å². The number of fused-ring (bicyclic) bond motifs is 2. The third-order valence-electron chi connectivity index (χ3n) is 6.56. The summed E-state index contributed by atoms with van der Waals surface area (Å²) >= 11 is 0. The van der Waals surface area contributed by atoms with Gasteiger partial charge in [-0.3, -0.25) is 0 Å². The highest BCUT2D eigenvalue weighted by molar-refractivity contribution is 5.87. The van der Waals surface area contributed by atoms with Crippen LogP contribution in [0.5, 0.6) is 0 Å². The minimum atomic E-state index is -0.718. The van der Waals surface area contributed by atoms with Gasteiger partial charge < -0.3 is 14.6 Å². The number of aliphatic hydroxyl groups is 1. The number of carbonyl (C=O) groups is 1. The Kier molecular flexibility index (Phi) is 4.42. The summed E-state index contributed by atoms with van der Waals surface area (Å²) in [5.41, 5.74) is 1.38. The predicted molar refractivity (Wildman–Crippen MR) is 92.4 cm³/mol. The van der Waals surface area contributed by atoms with E-state index >= 15 is 0 Å². The summed E-state index contributed by atoms with van der Waals surface area (Å²) in [4.78, 5) is 11.9. The zero-order valence-corrected chi connectivity index (χ0v) is 15.3. The minimum Gasteiger partial charge on any atom is -0.459 e. The molecule has 3 rings (SSSR count). The van der Waals surface area contributed by atoms with Crippen molar-refractivity contribution in [3.63, 3.8) is 0 Å². The van der Waals surface area contributed by atoms with Gasteiger partial charge in [-0.1, -0.05) is 32.1 Å². The van der Waals surface area contributed by atoms with E-state index in [9.17, 15) is 9.90 Å². The van der Waals surface area contributed by atoms with Gasteiger partial charge in [0.05, 0.1) is 12.2 Å². The smallest absolute Gasteiger partial charge is 0.333 e. The van der Waals surface area contributed by atoms with Crippen molar-refractivity contribution in [3.8, 4) is 0 Å². The fraction of sp³-hybridized carbons (Fsp3) is 0.750. The molecule has 4 nitrogen and oxygen atoms in total. The Morgan fingerprint density at radius 2 is 2.21 bits per heavy atom. The van der Waals surface area contributed by atoms with Crippen LogP contribution in [0.2, 0.25) is 0 Å². The summed E-state index contributed by atoms with van der Waals surface area (Å²) in [6.45, 7) is 12.5. The molecule has 134 valence electrons. The summed E-state index contributed by atoms with van der Waals surface area (Å²) < 4.78 is 11.3. The minimum absolute atomic E-state index is 0.0384. The molecule has 3 aliphatic rings. The van der Waals surface area contributed by atoms with E-state index in [-0.39, 0.29) is 24.1 Å². The van der Waals surface area contributed by atoms with Crippen LogP contribution in [0.15, 0.2) is 23.8 Å². The van der Waals surface area contributed by atoms with Crippen molar-refractivity contribution in [3.05, 3.63) is 23.8 Å². The molecular formula is C20H30O4. The lowest BCUT2D eigenvalue weighted by molar-refractivity contribution is -0.143. The van der Waals surface area contributed by atoms with Crippen LogP contribution >= 0.6 is 0 Å². The van der Waals surface area contributed by atoms with E-state index in [1.807, 2.05) is 6.92 Å². The molecule has 2 saturated carbocycles. The van der Waals surface area contributed by atoms with Gasteiger partial charge in [-0.05, 0) is 56.8 Å². The molecule has 3 fully saturated rings. The molecule has 1 heterocycles. The summed E-state index contributed by atoms with van der Waals surface area (Å²) in [7, 11) is 0. The first-order valence-electron chi connectivity index (χ1n) is 9.05. The molecule has 5 atom stereocenters. The Morgan fingerprint density at radius 1 is 1.50 bits per heavy atom. The van der Waals surface area contributed by atoms with E-state index in [1.54, 1.807) is 13.0 Å². The maximum Gasteiger partial charge on any atom is 0.333 e. The highest BCUT2D eigenvalue weighted by Crippen LogP contribution is 2.59. The van der Waals surface area contributed by atoms with Crippen molar-refractivity contribution in [1.82, 2.24) is 0 Å². The number of ether oxygens (including phenoxy) is 2. The maximum absolute atomic E-state index is 11.9. The van der Waals surface area contributed by atoms with Crippen LogP contribution in [0.25, 0.3) is 0 Å². The molecule has 0 aromatic heterocycles. The number of aliphatic hydroxyl groups excluding tert-OH is 1. The number of allylic oxidation sites excluding steroid dienone is 2. The van der Waals surface area contributed by atoms with E-state index in [0.717, 1.165) is 19.3 Å². The SMILES string of the molecule is C=C1CC[C@H]2O[C@@]2(COC(=O)/C(C)=C\C)[C@@H](O)C[C@@H]2[C@H]1CC2(C)C. The zero-order chi connectivity index (χ0) is 17.7. The molecule has 1 saturated heterocycles. The topological polar surface area (TPSA) is 59.1 Å². The summed E-state index contributed by atoms with van der Waals surface area (Å²) in [5.74, 6) is 0.601. The van der Waals surface area contributed by atoms with Crippen LogP contribution in [0, 0.1) is 17.3 Å². The Bertz CT molecular complexity index is 576. The molecule has 24 heavy (non-hydrogen) atoms. The molecule has 0 amide bonds. The second kappa shape index (κ2) is 5.99. The number of rotatable bonds is 3. The highest BCUT2D eigenvalue weighted by Gasteiger charge is 2.64. The molecule has 1 aliphatic heterocycles. The number of esters is 1. The normalized spacial score (nSPS) is 41.0. The second-order valence-corrected chi connectivity index (χ2v) is 8.46. The van der Waals surface area contributed by atoms with Crippen molar-refractivity contribution < 1.29 is 19.4 Å². The van der Waals surface area contributed by atoms with E-state index in [2.05, 4.69) is 20.4 Å². The van der Waals surface area contributed by atoms with Gasteiger partial charge in [-0.15, -0.1) is 0 Å². The second-order valence-electron chi connectivity index (χ2n) is 8.46. The van der Waals surface area contributed by atoms with Crippen LogP contribution in [-0.2, 0) is 14.3 Å². The van der Waals surface area contributed by atoms with E-state index in [1.165, 1.54) is 5.57 Å². The van der Waals surface area contributed by atoms with E-state index < -0.39 is 11.7 Å². The van der Waals surface area contributed by atoms with Crippen LogP contribution in [-0.4, -0.2) is 35.5 Å². The summed E-state index contributed by atoms with van der Waals surface area (Å²) in [6, 6.07) is 0. The molecule has 4 heteroatoms. The largest absolute Gasteiger partial charge is 0.459 e. The lowest BCUT2D eigenvalue weighted by atomic mass is 9.52. The molecule has 0 bridgehead atoms. The quantitative estimate of drug-likeness (QED) is 0.372. The van der Waals surface area contributed by atoms with Gasteiger partial charge in [-0.2, -0.15) is 0 Å². The van der Waals surface area contributed by atoms with Crippen molar-refractivity contribution in [2.45, 2.75) is 71.2 Å². The molecular weight excluding hydrogens is 304 g/mol. The van der Waals surface area contributed by atoms with E-state index in [0.29, 0.717) is 23.8 Å². The van der Waals surface area contributed by atoms with Gasteiger partial charge in [0.1, 0.15) is 6.61 Å². The molecule has 0 spiro atoms. The molecule has 1 N–H and O–H groups in total. The molecule has 0 aromatic carbocycles. The lowest BCUT2D eigenvalue weighted by Gasteiger charge is -2.53. The molecule has 0 unspecified atom stereocenters. The average Bonchev–Trinajstić information content (AvgIpc) is 3.26. The van der Waals surface area contributed by atoms with Gasteiger partial charge in [0.25, 0.3) is 0 Å². The van der Waals surface area contributed by atoms with Gasteiger partial charge in [0.15, 0.2) is 5.60 Å². The average molecular weight is 334 g/mol. The van der Waals surface area contributed by atoms with E-state index in [4.69, 9.17) is 9.47 Å². The van der Waals surface area contributed by atoms with Crippen molar-refractivity contribution >= 4 is 5.97 Å². The van der Waals surface area contributed by atoms with Gasteiger partial charge in [-0.25, -0.2) is 4.79 Å². The molecule has 0 aromatic rings. The predicted octanol–water partition coefficient (Wildman–Crippen LogP) is 3.40. The third-order valence-corrected chi connectivity index (χ3v) is 6.56. The molecule has 0 radical (unpaired) electrons. The number of carbonyl (C=O) groups excluding carboxylic acids is 1. The fourth-order valence-electron chi connectivity index (χ4n) is 4.56. The fourth-order valence-corrected chi connectivity index (χ4v) is 4.56. The summed E-state index contributed by atoms with van der Waals surface area (Å²) in [6.07, 6.45) is 4.71. The van der Waals surface area contributed by atoms with Crippen molar-refractivity contribution in [2.75, 3.05) is 6.61 Å². The van der Waals surface area contributed by atoms with Gasteiger partial charge in [0, 0.05) is 5.57 Å². The van der Waals surface area contributed by atoms with Crippen LogP contribution in [0.3, 0.4) is 0 Å². The molecule has 2 aliphatic carbocycles. The monoisotopic (exact) mass is 334 g/mol. The number of epoxide rings is 1. The number of hydrogen-bond acceptors (Lipinski definition) is 4. The Hall–Kier alpha value is -1.13.